The molecular formula is C21H23BrO2S. The van der Waals surface area contributed by atoms with Gasteiger partial charge in [0, 0.05) is 9.37 Å². The molecule has 2 aromatic rings. The number of esters is 1. The van der Waals surface area contributed by atoms with E-state index in [1.807, 2.05) is 6.26 Å². The SMILES string of the molecule is COC(=O)c1c(SC)cc(-c2ccc(Br)cc2)c2c1CCCCCC2. The molecule has 0 saturated heterocycles. The van der Waals surface area contributed by atoms with Gasteiger partial charge in [0.25, 0.3) is 0 Å². The molecule has 0 heterocycles. The monoisotopic (exact) mass is 418 g/mol. The van der Waals surface area contributed by atoms with Crippen molar-refractivity contribution in [1.82, 2.24) is 0 Å². The van der Waals surface area contributed by atoms with Crippen LogP contribution in [0, 0.1) is 0 Å². The molecule has 25 heavy (non-hydrogen) atoms. The molecule has 4 heteroatoms. The minimum absolute atomic E-state index is 0.205. The van der Waals surface area contributed by atoms with Crippen LogP contribution in [0.5, 0.6) is 0 Å². The van der Waals surface area contributed by atoms with E-state index in [-0.39, 0.29) is 5.97 Å². The van der Waals surface area contributed by atoms with Crippen LogP contribution in [0.15, 0.2) is 39.7 Å². The minimum atomic E-state index is -0.205. The highest BCUT2D eigenvalue weighted by Gasteiger charge is 2.24. The van der Waals surface area contributed by atoms with Crippen LogP contribution in [0.1, 0.15) is 47.2 Å². The van der Waals surface area contributed by atoms with Gasteiger partial charge in [-0.25, -0.2) is 4.79 Å². The molecule has 1 aliphatic rings. The standard InChI is InChI=1S/C21H23BrO2S/c1-24-21(23)20-17-8-6-4-3-5-7-16(17)18(13-19(20)25-2)14-9-11-15(22)12-10-14/h9-13H,3-8H2,1-2H3. The van der Waals surface area contributed by atoms with Crippen LogP contribution >= 0.6 is 27.7 Å². The number of hydrogen-bond donors (Lipinski definition) is 0. The first-order valence-electron chi connectivity index (χ1n) is 8.72. The van der Waals surface area contributed by atoms with Crippen LogP contribution in [0.4, 0.5) is 0 Å². The van der Waals surface area contributed by atoms with Gasteiger partial charge in [-0.05, 0) is 72.4 Å². The Balaban J connectivity index is 2.26. The van der Waals surface area contributed by atoms with Crippen molar-refractivity contribution in [3.8, 4) is 11.1 Å². The van der Waals surface area contributed by atoms with Crippen molar-refractivity contribution in [3.05, 3.63) is 51.5 Å². The zero-order valence-electron chi connectivity index (χ0n) is 14.7. The molecule has 0 saturated carbocycles. The van der Waals surface area contributed by atoms with Crippen LogP contribution in [-0.4, -0.2) is 19.3 Å². The zero-order valence-corrected chi connectivity index (χ0v) is 17.1. The second-order valence-corrected chi connectivity index (χ2v) is 8.13. The van der Waals surface area contributed by atoms with Crippen LogP contribution in [-0.2, 0) is 17.6 Å². The van der Waals surface area contributed by atoms with Gasteiger partial charge in [0.15, 0.2) is 0 Å². The predicted octanol–water partition coefficient (Wildman–Crippen LogP) is 6.28. The highest BCUT2D eigenvalue weighted by Crippen LogP contribution is 2.38. The Bertz CT molecular complexity index is 768. The first kappa shape index (κ1) is 18.5. The summed E-state index contributed by atoms with van der Waals surface area (Å²) in [5.74, 6) is -0.205. The lowest BCUT2D eigenvalue weighted by atomic mass is 9.84. The average Bonchev–Trinajstić information content (AvgIpc) is 2.61. The smallest absolute Gasteiger partial charge is 0.339 e. The van der Waals surface area contributed by atoms with Crippen molar-refractivity contribution in [2.75, 3.05) is 13.4 Å². The van der Waals surface area contributed by atoms with Crippen LogP contribution in [0.2, 0.25) is 0 Å². The first-order valence-corrected chi connectivity index (χ1v) is 10.7. The maximum atomic E-state index is 12.5. The van der Waals surface area contributed by atoms with Crippen molar-refractivity contribution < 1.29 is 9.53 Å². The molecule has 0 bridgehead atoms. The maximum Gasteiger partial charge on any atom is 0.339 e. The number of carbonyl (C=O) groups is 1. The van der Waals surface area contributed by atoms with Crippen LogP contribution in [0.3, 0.4) is 0 Å². The topological polar surface area (TPSA) is 26.3 Å². The number of fused-ring (bicyclic) bond motifs is 1. The normalized spacial score (nSPS) is 14.4. The summed E-state index contributed by atoms with van der Waals surface area (Å²) in [6, 6.07) is 10.6. The van der Waals surface area contributed by atoms with E-state index >= 15 is 0 Å². The molecule has 0 aliphatic heterocycles. The Morgan fingerprint density at radius 2 is 1.68 bits per heavy atom. The molecule has 0 amide bonds. The Hall–Kier alpha value is -1.26. The molecule has 0 fully saturated rings. The highest BCUT2D eigenvalue weighted by molar-refractivity contribution is 9.10. The van der Waals surface area contributed by atoms with Gasteiger partial charge < -0.3 is 4.74 Å². The quantitative estimate of drug-likeness (QED) is 0.432. The Morgan fingerprint density at radius 3 is 2.28 bits per heavy atom. The molecule has 0 N–H and O–H groups in total. The number of rotatable bonds is 3. The molecule has 0 radical (unpaired) electrons. The van der Waals surface area contributed by atoms with E-state index in [4.69, 9.17) is 4.74 Å². The van der Waals surface area contributed by atoms with Gasteiger partial charge in [0.2, 0.25) is 0 Å². The summed E-state index contributed by atoms with van der Waals surface area (Å²) in [5.41, 5.74) is 5.80. The van der Waals surface area contributed by atoms with Crippen molar-refractivity contribution in [3.63, 3.8) is 0 Å². The van der Waals surface area contributed by atoms with E-state index in [1.165, 1.54) is 48.6 Å². The van der Waals surface area contributed by atoms with Gasteiger partial charge >= 0.3 is 5.97 Å². The molecule has 132 valence electrons. The van der Waals surface area contributed by atoms with Crippen molar-refractivity contribution >= 4 is 33.7 Å². The summed E-state index contributed by atoms with van der Waals surface area (Å²) >= 11 is 5.14. The molecule has 3 rings (SSSR count). The van der Waals surface area contributed by atoms with Crippen molar-refractivity contribution in [1.29, 1.82) is 0 Å². The third kappa shape index (κ3) is 3.95. The zero-order chi connectivity index (χ0) is 17.8. The van der Waals surface area contributed by atoms with Gasteiger partial charge in [-0.2, -0.15) is 0 Å². The van der Waals surface area contributed by atoms with Crippen LogP contribution < -0.4 is 0 Å². The predicted molar refractivity (Wildman–Crippen MR) is 109 cm³/mol. The van der Waals surface area contributed by atoms with E-state index in [1.54, 1.807) is 11.8 Å². The van der Waals surface area contributed by atoms with E-state index in [0.29, 0.717) is 0 Å². The summed E-state index contributed by atoms with van der Waals surface area (Å²) < 4.78 is 6.20. The number of ether oxygens (including phenoxy) is 1. The molecule has 0 spiro atoms. The fourth-order valence-corrected chi connectivity index (χ4v) is 4.56. The number of thioether (sulfide) groups is 1. The van der Waals surface area contributed by atoms with Crippen molar-refractivity contribution in [2.45, 2.75) is 43.4 Å². The maximum absolute atomic E-state index is 12.5. The van der Waals surface area contributed by atoms with Gasteiger partial charge in [-0.15, -0.1) is 11.8 Å². The number of methoxy groups -OCH3 is 1. The minimum Gasteiger partial charge on any atom is -0.465 e. The largest absolute Gasteiger partial charge is 0.465 e. The highest BCUT2D eigenvalue weighted by atomic mass is 79.9. The number of carbonyl (C=O) groups excluding carboxylic acids is 1. The fourth-order valence-electron chi connectivity index (χ4n) is 3.64. The summed E-state index contributed by atoms with van der Waals surface area (Å²) in [6.45, 7) is 0. The summed E-state index contributed by atoms with van der Waals surface area (Å²) in [6.07, 6.45) is 8.82. The number of hydrogen-bond acceptors (Lipinski definition) is 3. The average molecular weight is 419 g/mol. The first-order chi connectivity index (χ1) is 12.2. The lowest BCUT2D eigenvalue weighted by Crippen LogP contribution is -2.13. The van der Waals surface area contributed by atoms with E-state index < -0.39 is 0 Å². The molecule has 0 unspecified atom stereocenters. The lowest BCUT2D eigenvalue weighted by molar-refractivity contribution is 0.0595. The Labute approximate surface area is 162 Å². The molecule has 0 atom stereocenters. The Kier molecular flexibility index (Phi) is 6.24. The summed E-state index contributed by atoms with van der Waals surface area (Å²) in [4.78, 5) is 13.5. The van der Waals surface area contributed by atoms with Gasteiger partial charge in [-0.1, -0.05) is 40.9 Å². The molecule has 2 nitrogen and oxygen atoms in total. The third-order valence-electron chi connectivity index (χ3n) is 4.88. The van der Waals surface area contributed by atoms with Gasteiger partial charge in [0.05, 0.1) is 12.7 Å². The summed E-state index contributed by atoms with van der Waals surface area (Å²) in [7, 11) is 1.48. The fraction of sp³-hybridized carbons (Fsp3) is 0.381. The van der Waals surface area contributed by atoms with E-state index in [2.05, 4.69) is 46.3 Å². The second kappa shape index (κ2) is 8.41. The van der Waals surface area contributed by atoms with Crippen molar-refractivity contribution in [2.24, 2.45) is 0 Å². The molecule has 1 aliphatic carbocycles. The molecular weight excluding hydrogens is 396 g/mol. The number of halogens is 1. The molecule has 2 aromatic carbocycles. The van der Waals surface area contributed by atoms with Gasteiger partial charge in [0.1, 0.15) is 0 Å². The van der Waals surface area contributed by atoms with E-state index in [9.17, 15) is 4.79 Å². The molecule has 0 aromatic heterocycles. The summed E-state index contributed by atoms with van der Waals surface area (Å²) in [5, 5.41) is 0. The lowest BCUT2D eigenvalue weighted by Gasteiger charge is -2.23. The Morgan fingerprint density at radius 1 is 1.04 bits per heavy atom. The second-order valence-electron chi connectivity index (χ2n) is 6.37. The van der Waals surface area contributed by atoms with Crippen LogP contribution in [0.25, 0.3) is 11.1 Å². The third-order valence-corrected chi connectivity index (χ3v) is 6.17. The van der Waals surface area contributed by atoms with Gasteiger partial charge in [-0.3, -0.25) is 0 Å². The van der Waals surface area contributed by atoms with E-state index in [0.717, 1.165) is 34.2 Å². The number of benzene rings is 2.